The van der Waals surface area contributed by atoms with Crippen LogP contribution in [-0.4, -0.2) is 81.0 Å². The minimum absolute atomic E-state index is 0.0642. The number of methoxy groups -OCH3 is 2. The second-order valence-electron chi connectivity index (χ2n) is 16.5. The summed E-state index contributed by atoms with van der Waals surface area (Å²) in [7, 11) is 0.740. The zero-order valence-corrected chi connectivity index (χ0v) is 34.9. The van der Waals surface area contributed by atoms with E-state index in [0.717, 1.165) is 46.7 Å². The Hall–Kier alpha value is -5.30. The number of amides is 3. The van der Waals surface area contributed by atoms with Gasteiger partial charge in [0.15, 0.2) is 5.60 Å². The zero-order chi connectivity index (χ0) is 40.8. The first-order chi connectivity index (χ1) is 28.0. The first kappa shape index (κ1) is 39.5. The van der Waals surface area contributed by atoms with Gasteiger partial charge in [-0.15, -0.1) is 0 Å². The predicted octanol–water partition coefficient (Wildman–Crippen LogP) is 6.37. The molecule has 58 heavy (non-hydrogen) atoms. The smallest absolute Gasteiger partial charge is 0.264 e. The molecular weight excluding hydrogens is 749 g/mol. The number of fused-ring (bicyclic) bond motifs is 2. The maximum absolute atomic E-state index is 15.5. The van der Waals surface area contributed by atoms with Crippen molar-refractivity contribution < 1.29 is 33.7 Å². The number of nitrogens with zero attached hydrogens (tertiary/aromatic N) is 4. The van der Waals surface area contributed by atoms with Crippen LogP contribution in [0.25, 0.3) is 0 Å². The summed E-state index contributed by atoms with van der Waals surface area (Å²) in [5.41, 5.74) is 3.18. The number of hydrogen-bond donors (Lipinski definition) is 1. The number of hydrogen-bond acceptors (Lipinski definition) is 8. The van der Waals surface area contributed by atoms with E-state index in [1.807, 2.05) is 84.9 Å². The van der Waals surface area contributed by atoms with Crippen molar-refractivity contribution in [1.29, 1.82) is 0 Å². The van der Waals surface area contributed by atoms with Crippen molar-refractivity contribution in [2.45, 2.75) is 82.0 Å². The third-order valence-electron chi connectivity index (χ3n) is 13.0. The average Bonchev–Trinajstić information content (AvgIpc) is 3.91. The van der Waals surface area contributed by atoms with E-state index in [2.05, 4.69) is 32.2 Å². The largest absolute Gasteiger partial charge is 0.497 e. The number of carbonyl (C=O) groups is 3. The second kappa shape index (κ2) is 15.8. The van der Waals surface area contributed by atoms with Crippen molar-refractivity contribution in [3.05, 3.63) is 114 Å². The van der Waals surface area contributed by atoms with Crippen molar-refractivity contribution in [3.63, 3.8) is 0 Å². The summed E-state index contributed by atoms with van der Waals surface area (Å²) in [5.74, 6) is 0.690. The van der Waals surface area contributed by atoms with Crippen LogP contribution in [0.4, 0.5) is 11.4 Å². The van der Waals surface area contributed by atoms with E-state index >= 15 is 4.79 Å². The van der Waals surface area contributed by atoms with E-state index in [0.29, 0.717) is 30.8 Å². The standard InChI is InChI=1S/C46H52N4O7Si/c1-30-44(58(4,5)37-19-16-35(55-2)17-20-37)41(27-43(53)48-24-10-15-34(48)29-51)57-46(30)38-26-36(56-3)18-22-40(38)49(45(46)54)28-31-11-9-14-33(25-31)50-42(52)23-21-39(47-50)32-12-7-6-8-13-32/h6-9,11-14,16-20,22,25-26,30,34,41,44,51H,10,15,21,23-24,27-29H2,1-5H3/t30-,34-,41+,44-,46+/m0/s1. The summed E-state index contributed by atoms with van der Waals surface area (Å²) in [5, 5.41) is 17.6. The van der Waals surface area contributed by atoms with Crippen molar-refractivity contribution in [1.82, 2.24) is 4.90 Å². The van der Waals surface area contributed by atoms with E-state index in [1.54, 1.807) is 24.0 Å². The van der Waals surface area contributed by atoms with Crippen LogP contribution in [0.3, 0.4) is 0 Å². The highest BCUT2D eigenvalue weighted by atomic mass is 28.3. The SMILES string of the molecule is COc1ccc([Si](C)(C)[C@@H]2[C@@H](CC(=O)N3CCC[C@H]3CO)O[C@]3(C(=O)N(Cc4cccc(N5N=C(c6ccccc6)CCC5=O)c4)c4ccc(OC)cc43)[C@H]2C)cc1. The molecule has 3 amide bonds. The molecule has 1 N–H and O–H groups in total. The lowest BCUT2D eigenvalue weighted by atomic mass is 9.82. The Bertz CT molecular complexity index is 2230. The Morgan fingerprint density at radius 3 is 2.40 bits per heavy atom. The van der Waals surface area contributed by atoms with Crippen LogP contribution < -0.4 is 24.6 Å². The molecular formula is C46H52N4O7Si. The molecule has 4 aliphatic rings. The van der Waals surface area contributed by atoms with Gasteiger partial charge in [0, 0.05) is 30.9 Å². The maximum Gasteiger partial charge on any atom is 0.264 e. The highest BCUT2D eigenvalue weighted by Gasteiger charge is 2.66. The number of likely N-dealkylation sites (tertiary alicyclic amines) is 1. The van der Waals surface area contributed by atoms with Crippen molar-refractivity contribution in [2.24, 2.45) is 11.0 Å². The van der Waals surface area contributed by atoms with Crippen LogP contribution in [-0.2, 0) is 31.3 Å². The van der Waals surface area contributed by atoms with Crippen LogP contribution in [0, 0.1) is 5.92 Å². The van der Waals surface area contributed by atoms with Crippen LogP contribution in [0.2, 0.25) is 18.6 Å². The van der Waals surface area contributed by atoms with Crippen LogP contribution in [0.5, 0.6) is 11.5 Å². The number of rotatable bonds is 11. The van der Waals surface area contributed by atoms with Gasteiger partial charge in [-0.2, -0.15) is 5.10 Å². The molecule has 4 aliphatic heterocycles. The molecule has 12 heteroatoms. The Morgan fingerprint density at radius 2 is 1.67 bits per heavy atom. The third-order valence-corrected chi connectivity index (χ3v) is 17.3. The molecule has 5 atom stereocenters. The topological polar surface area (TPSA) is 121 Å². The number of anilines is 2. The van der Waals surface area contributed by atoms with Gasteiger partial charge in [-0.05, 0) is 72.0 Å². The van der Waals surface area contributed by atoms with Gasteiger partial charge in [0.1, 0.15) is 11.5 Å². The lowest BCUT2D eigenvalue weighted by Gasteiger charge is -2.37. The molecule has 2 saturated heterocycles. The van der Waals surface area contributed by atoms with Gasteiger partial charge in [0.25, 0.3) is 5.91 Å². The molecule has 4 aromatic rings. The van der Waals surface area contributed by atoms with Crippen molar-refractivity contribution in [2.75, 3.05) is 37.3 Å². The van der Waals surface area contributed by atoms with Gasteiger partial charge in [-0.3, -0.25) is 14.4 Å². The molecule has 2 fully saturated rings. The summed E-state index contributed by atoms with van der Waals surface area (Å²) >= 11 is 0. The molecule has 302 valence electrons. The van der Waals surface area contributed by atoms with Crippen LogP contribution in [0.15, 0.2) is 102 Å². The molecule has 0 aliphatic carbocycles. The maximum atomic E-state index is 15.5. The quantitative estimate of drug-likeness (QED) is 0.175. The molecule has 0 bridgehead atoms. The van der Waals surface area contributed by atoms with Crippen molar-refractivity contribution >= 4 is 48.1 Å². The normalized spacial score (nSPS) is 24.4. The molecule has 0 unspecified atom stereocenters. The van der Waals surface area contributed by atoms with E-state index in [9.17, 15) is 14.7 Å². The lowest BCUT2D eigenvalue weighted by molar-refractivity contribution is -0.150. The van der Waals surface area contributed by atoms with E-state index in [4.69, 9.17) is 19.3 Å². The minimum atomic E-state index is -2.52. The number of aliphatic hydroxyl groups is 1. The van der Waals surface area contributed by atoms with E-state index in [-0.39, 0.29) is 54.8 Å². The van der Waals surface area contributed by atoms with Crippen LogP contribution in [0.1, 0.15) is 55.7 Å². The summed E-state index contributed by atoms with van der Waals surface area (Å²) in [4.78, 5) is 46.5. The fourth-order valence-electron chi connectivity index (χ4n) is 9.98. The molecule has 0 aromatic heterocycles. The number of hydrazone groups is 1. The summed E-state index contributed by atoms with van der Waals surface area (Å²) in [6, 6.07) is 31.2. The molecule has 11 nitrogen and oxygen atoms in total. The number of benzene rings is 4. The summed E-state index contributed by atoms with van der Waals surface area (Å²) in [6.07, 6.45) is 2.04. The fourth-order valence-corrected chi connectivity index (χ4v) is 14.0. The average molecular weight is 801 g/mol. The monoisotopic (exact) mass is 800 g/mol. The van der Waals surface area contributed by atoms with Gasteiger partial charge in [0.05, 0.1) is 71.1 Å². The van der Waals surface area contributed by atoms with Crippen LogP contribution >= 0.6 is 0 Å². The molecule has 1 spiro atoms. The summed E-state index contributed by atoms with van der Waals surface area (Å²) < 4.78 is 18.5. The van der Waals surface area contributed by atoms with Gasteiger partial charge in [-0.1, -0.05) is 79.8 Å². The molecule has 0 saturated carbocycles. The van der Waals surface area contributed by atoms with Gasteiger partial charge < -0.3 is 29.1 Å². The molecule has 8 rings (SSSR count). The minimum Gasteiger partial charge on any atom is -0.497 e. The predicted molar refractivity (Wildman–Crippen MR) is 226 cm³/mol. The van der Waals surface area contributed by atoms with Gasteiger partial charge in [-0.25, -0.2) is 5.01 Å². The van der Waals surface area contributed by atoms with Crippen molar-refractivity contribution in [3.8, 4) is 11.5 Å². The van der Waals surface area contributed by atoms with Gasteiger partial charge >= 0.3 is 0 Å². The Balaban J connectivity index is 1.17. The molecule has 4 aromatic carbocycles. The third kappa shape index (κ3) is 6.80. The zero-order valence-electron chi connectivity index (χ0n) is 33.9. The number of aliphatic hydroxyl groups excluding tert-OH is 1. The first-order valence-corrected chi connectivity index (χ1v) is 23.4. The fraction of sp³-hybridized carbons (Fsp3) is 0.391. The second-order valence-corrected chi connectivity index (χ2v) is 21.2. The Kier molecular flexibility index (Phi) is 10.8. The Labute approximate surface area is 341 Å². The molecule has 4 heterocycles. The number of carbonyl (C=O) groups excluding carboxylic acids is 3. The van der Waals surface area contributed by atoms with E-state index < -0.39 is 19.8 Å². The highest BCUT2D eigenvalue weighted by molar-refractivity contribution is 6.91. The number of ether oxygens (including phenoxy) is 3. The molecule has 0 radical (unpaired) electrons. The lowest BCUT2D eigenvalue weighted by Crippen LogP contribution is -2.52. The first-order valence-electron chi connectivity index (χ1n) is 20.3. The van der Waals surface area contributed by atoms with Gasteiger partial charge in [0.2, 0.25) is 11.8 Å². The highest BCUT2D eigenvalue weighted by Crippen LogP contribution is 2.60. The Morgan fingerprint density at radius 1 is 0.931 bits per heavy atom. The summed E-state index contributed by atoms with van der Waals surface area (Å²) in [6.45, 7) is 7.43. The van der Waals surface area contributed by atoms with E-state index in [1.165, 1.54) is 10.2 Å².